The second-order valence-electron chi connectivity index (χ2n) is 3.26. The number of amides is 1. The molecule has 0 spiro atoms. The number of carbonyl (C=O) groups is 1. The number of hydrogen-bond donors (Lipinski definition) is 4. The van der Waals surface area contributed by atoms with Crippen LogP contribution in [0.2, 0.25) is 0 Å². The molecule has 2 aromatic heterocycles. The minimum absolute atomic E-state index is 0.0377. The molecule has 5 N–H and O–H groups in total. The Kier molecular flexibility index (Phi) is 2.41. The second-order valence-corrected chi connectivity index (χ2v) is 3.26. The summed E-state index contributed by atoms with van der Waals surface area (Å²) in [6.45, 7) is -0.0377. The van der Waals surface area contributed by atoms with E-state index < -0.39 is 12.0 Å². The molecule has 1 atom stereocenters. The van der Waals surface area contributed by atoms with Gasteiger partial charge >= 0.3 is 0 Å². The van der Waals surface area contributed by atoms with Crippen molar-refractivity contribution in [2.75, 3.05) is 0 Å². The van der Waals surface area contributed by atoms with Crippen molar-refractivity contribution in [1.29, 1.82) is 5.41 Å². The second kappa shape index (κ2) is 3.74. The SMILES string of the molecule is N=c1ncn(CC(O)C(N)=O)c2nc[nH]c12. The lowest BCUT2D eigenvalue weighted by atomic mass is 10.3. The first-order chi connectivity index (χ1) is 7.59. The van der Waals surface area contributed by atoms with Crippen molar-refractivity contribution >= 4 is 17.1 Å². The number of hydrogen-bond acceptors (Lipinski definition) is 5. The van der Waals surface area contributed by atoms with Crippen LogP contribution in [0, 0.1) is 5.41 Å². The van der Waals surface area contributed by atoms with Crippen molar-refractivity contribution < 1.29 is 9.90 Å². The largest absolute Gasteiger partial charge is 0.381 e. The number of aromatic nitrogens is 4. The van der Waals surface area contributed by atoms with Crippen molar-refractivity contribution in [2.24, 2.45) is 5.73 Å². The van der Waals surface area contributed by atoms with Gasteiger partial charge in [0.1, 0.15) is 11.6 Å². The maximum atomic E-state index is 10.7. The van der Waals surface area contributed by atoms with Gasteiger partial charge in [0.15, 0.2) is 11.1 Å². The predicted octanol–water partition coefficient (Wildman–Crippen LogP) is -1.91. The molecule has 1 unspecified atom stereocenters. The van der Waals surface area contributed by atoms with E-state index in [0.717, 1.165) is 0 Å². The Hall–Kier alpha value is -2.22. The fraction of sp³-hybridized carbons (Fsp3) is 0.250. The number of primary amides is 1. The molecule has 0 radical (unpaired) electrons. The molecule has 2 rings (SSSR count). The fourth-order valence-corrected chi connectivity index (χ4v) is 1.34. The van der Waals surface area contributed by atoms with Gasteiger partial charge in [-0.3, -0.25) is 10.2 Å². The van der Waals surface area contributed by atoms with E-state index in [4.69, 9.17) is 11.1 Å². The first-order valence-corrected chi connectivity index (χ1v) is 4.50. The lowest BCUT2D eigenvalue weighted by Gasteiger charge is -2.09. The first-order valence-electron chi connectivity index (χ1n) is 4.50. The molecule has 2 heterocycles. The minimum atomic E-state index is -1.30. The number of carbonyl (C=O) groups excluding carboxylic acids is 1. The number of nitrogens with zero attached hydrogens (tertiary/aromatic N) is 3. The monoisotopic (exact) mass is 222 g/mol. The van der Waals surface area contributed by atoms with E-state index in [1.807, 2.05) is 0 Å². The predicted molar refractivity (Wildman–Crippen MR) is 52.9 cm³/mol. The summed E-state index contributed by atoms with van der Waals surface area (Å²) in [6.07, 6.45) is 1.44. The molecule has 0 bridgehead atoms. The Morgan fingerprint density at radius 2 is 2.44 bits per heavy atom. The Morgan fingerprint density at radius 3 is 3.12 bits per heavy atom. The summed E-state index contributed by atoms with van der Waals surface area (Å²) < 4.78 is 1.46. The van der Waals surface area contributed by atoms with E-state index in [9.17, 15) is 9.90 Å². The van der Waals surface area contributed by atoms with Crippen LogP contribution >= 0.6 is 0 Å². The number of rotatable bonds is 3. The highest BCUT2D eigenvalue weighted by molar-refractivity contribution is 5.78. The summed E-state index contributed by atoms with van der Waals surface area (Å²) in [5, 5.41) is 16.8. The summed E-state index contributed by atoms with van der Waals surface area (Å²) in [5.74, 6) is -0.814. The normalized spacial score (nSPS) is 12.8. The van der Waals surface area contributed by atoms with Gasteiger partial charge in [-0.25, -0.2) is 9.97 Å². The molecule has 0 saturated heterocycles. The molecule has 0 aliphatic heterocycles. The van der Waals surface area contributed by atoms with Crippen molar-refractivity contribution in [3.8, 4) is 0 Å². The Morgan fingerprint density at radius 1 is 1.69 bits per heavy atom. The van der Waals surface area contributed by atoms with Crippen LogP contribution in [0.3, 0.4) is 0 Å². The van der Waals surface area contributed by atoms with Gasteiger partial charge in [-0.15, -0.1) is 0 Å². The average Bonchev–Trinajstić information content (AvgIpc) is 2.71. The van der Waals surface area contributed by atoms with Crippen LogP contribution in [0.25, 0.3) is 11.2 Å². The molecule has 1 amide bonds. The molecule has 0 aliphatic rings. The van der Waals surface area contributed by atoms with Crippen LogP contribution in [0.4, 0.5) is 0 Å². The van der Waals surface area contributed by atoms with Crippen LogP contribution in [-0.2, 0) is 11.3 Å². The van der Waals surface area contributed by atoms with E-state index in [2.05, 4.69) is 15.0 Å². The van der Waals surface area contributed by atoms with Gasteiger partial charge in [0.05, 0.1) is 19.2 Å². The highest BCUT2D eigenvalue weighted by atomic mass is 16.3. The summed E-state index contributed by atoms with van der Waals surface area (Å²) in [6, 6.07) is 0. The van der Waals surface area contributed by atoms with Crippen LogP contribution in [-0.4, -0.2) is 36.6 Å². The molecule has 84 valence electrons. The third kappa shape index (κ3) is 1.65. The van der Waals surface area contributed by atoms with Crippen molar-refractivity contribution in [1.82, 2.24) is 19.5 Å². The van der Waals surface area contributed by atoms with Crippen LogP contribution in [0.15, 0.2) is 12.7 Å². The molecule has 0 saturated carbocycles. The van der Waals surface area contributed by atoms with Crippen molar-refractivity contribution in [3.05, 3.63) is 18.1 Å². The van der Waals surface area contributed by atoms with Gasteiger partial charge in [0, 0.05) is 0 Å². The number of fused-ring (bicyclic) bond motifs is 1. The molecular weight excluding hydrogens is 212 g/mol. The zero-order chi connectivity index (χ0) is 11.7. The molecular formula is C8H10N6O2. The number of aliphatic hydroxyl groups is 1. The number of aliphatic hydroxyl groups excluding tert-OH is 1. The van der Waals surface area contributed by atoms with Gasteiger partial charge in [-0.1, -0.05) is 0 Å². The minimum Gasteiger partial charge on any atom is -0.381 e. The summed E-state index contributed by atoms with van der Waals surface area (Å²) in [7, 11) is 0. The van der Waals surface area contributed by atoms with Gasteiger partial charge in [0.25, 0.3) is 0 Å². The van der Waals surface area contributed by atoms with E-state index in [0.29, 0.717) is 11.2 Å². The number of imidazole rings is 1. The Labute approximate surface area is 89.3 Å². The zero-order valence-corrected chi connectivity index (χ0v) is 8.21. The number of H-pyrrole nitrogens is 1. The average molecular weight is 222 g/mol. The van der Waals surface area contributed by atoms with E-state index in [-0.39, 0.29) is 12.0 Å². The van der Waals surface area contributed by atoms with E-state index in [1.54, 1.807) is 0 Å². The molecule has 0 fully saturated rings. The highest BCUT2D eigenvalue weighted by Gasteiger charge is 2.13. The summed E-state index contributed by atoms with van der Waals surface area (Å²) >= 11 is 0. The molecule has 16 heavy (non-hydrogen) atoms. The third-order valence-corrected chi connectivity index (χ3v) is 2.15. The van der Waals surface area contributed by atoms with Crippen LogP contribution in [0.5, 0.6) is 0 Å². The number of aromatic amines is 1. The van der Waals surface area contributed by atoms with Crippen molar-refractivity contribution in [2.45, 2.75) is 12.6 Å². The smallest absolute Gasteiger partial charge is 0.248 e. The number of nitrogens with two attached hydrogens (primary N) is 1. The van der Waals surface area contributed by atoms with Gasteiger partial charge in [0.2, 0.25) is 5.91 Å². The topological polar surface area (TPSA) is 134 Å². The summed E-state index contributed by atoms with van der Waals surface area (Å²) in [5.41, 5.74) is 5.89. The maximum absolute atomic E-state index is 10.7. The molecule has 8 heteroatoms. The van der Waals surface area contributed by atoms with Gasteiger partial charge in [-0.05, 0) is 0 Å². The van der Waals surface area contributed by atoms with E-state index >= 15 is 0 Å². The van der Waals surface area contributed by atoms with Gasteiger partial charge < -0.3 is 20.4 Å². The van der Waals surface area contributed by atoms with Crippen molar-refractivity contribution in [3.63, 3.8) is 0 Å². The van der Waals surface area contributed by atoms with Crippen LogP contribution < -0.4 is 11.2 Å². The molecule has 0 aromatic carbocycles. The Balaban J connectivity index is 2.46. The zero-order valence-electron chi connectivity index (χ0n) is 8.21. The lowest BCUT2D eigenvalue weighted by Crippen LogP contribution is -2.32. The standard InChI is InChI=1S/C8H10N6O2/c9-6-5-8(12-2-11-5)14(3-13-6)1-4(15)7(10)16/h2-4,9,15H,1H2,(H2,10,16)(H,11,12). The highest BCUT2D eigenvalue weighted by Crippen LogP contribution is 2.03. The van der Waals surface area contributed by atoms with E-state index in [1.165, 1.54) is 17.2 Å². The van der Waals surface area contributed by atoms with Crippen LogP contribution in [0.1, 0.15) is 0 Å². The fourth-order valence-electron chi connectivity index (χ4n) is 1.34. The quantitative estimate of drug-likeness (QED) is 0.481. The maximum Gasteiger partial charge on any atom is 0.248 e. The molecule has 0 aliphatic carbocycles. The third-order valence-electron chi connectivity index (χ3n) is 2.15. The Bertz CT molecular complexity index is 585. The molecule has 2 aromatic rings. The first kappa shape index (κ1) is 10.3. The van der Waals surface area contributed by atoms with Gasteiger partial charge in [-0.2, -0.15) is 0 Å². The summed E-state index contributed by atoms with van der Waals surface area (Å²) in [4.78, 5) is 21.2. The molecule has 8 nitrogen and oxygen atoms in total. The lowest BCUT2D eigenvalue weighted by molar-refractivity contribution is -0.126. The number of nitrogens with one attached hydrogen (secondary N) is 2.